The van der Waals surface area contributed by atoms with Gasteiger partial charge in [0.1, 0.15) is 29.4 Å². The topological polar surface area (TPSA) is 116 Å². The Balaban J connectivity index is 2.38. The summed E-state index contributed by atoms with van der Waals surface area (Å²) in [4.78, 5) is 0. The summed E-state index contributed by atoms with van der Waals surface area (Å²) in [5.41, 5.74) is 6.31. The molecule has 1 heterocycles. The van der Waals surface area contributed by atoms with E-state index in [9.17, 15) is 5.26 Å². The van der Waals surface area contributed by atoms with Crippen LogP contribution >= 0.6 is 0 Å². The minimum atomic E-state index is -1.45. The first-order valence-electron chi connectivity index (χ1n) is 6.37. The maximum Gasteiger partial charge on any atom is 0.240 e. The molecule has 1 aromatic rings. The first kappa shape index (κ1) is 15.1. The molecule has 1 aromatic carbocycles. The van der Waals surface area contributed by atoms with Crippen molar-refractivity contribution in [1.29, 1.82) is 15.8 Å². The van der Waals surface area contributed by atoms with E-state index in [0.29, 0.717) is 0 Å². The molecule has 0 aromatic heterocycles. The van der Waals surface area contributed by atoms with Gasteiger partial charge in [0.15, 0.2) is 0 Å². The smallest absolute Gasteiger partial charge is 0.240 e. The average molecular weight is 292 g/mol. The van der Waals surface area contributed by atoms with E-state index in [0.717, 1.165) is 5.56 Å². The molecule has 0 amide bonds. The third kappa shape index (κ3) is 2.62. The van der Waals surface area contributed by atoms with Gasteiger partial charge in [-0.05, 0) is 5.56 Å². The Morgan fingerprint density at radius 2 is 1.86 bits per heavy atom. The molecule has 0 fully saturated rings. The van der Waals surface area contributed by atoms with E-state index in [1.807, 2.05) is 36.4 Å². The predicted molar refractivity (Wildman–Crippen MR) is 75.8 cm³/mol. The minimum Gasteiger partial charge on any atom is -0.442 e. The van der Waals surface area contributed by atoms with Crippen LogP contribution < -0.4 is 5.73 Å². The molecule has 0 saturated carbocycles. The molecule has 1 unspecified atom stereocenters. The van der Waals surface area contributed by atoms with Gasteiger partial charge in [-0.1, -0.05) is 30.3 Å². The van der Waals surface area contributed by atoms with E-state index in [-0.39, 0.29) is 29.2 Å². The Morgan fingerprint density at radius 1 is 1.23 bits per heavy atom. The second-order valence-electron chi connectivity index (χ2n) is 4.65. The Bertz CT molecular complexity index is 759. The number of ether oxygens (including phenoxy) is 2. The van der Waals surface area contributed by atoms with Gasteiger partial charge in [-0.15, -0.1) is 0 Å². The van der Waals surface area contributed by atoms with Crippen LogP contribution in [0.15, 0.2) is 52.9 Å². The summed E-state index contributed by atoms with van der Waals surface area (Å²) >= 11 is 0. The molecule has 0 radical (unpaired) electrons. The largest absolute Gasteiger partial charge is 0.442 e. The van der Waals surface area contributed by atoms with E-state index in [1.54, 1.807) is 12.1 Å². The Kier molecular flexibility index (Phi) is 4.13. The van der Waals surface area contributed by atoms with Crippen molar-refractivity contribution in [3.8, 4) is 18.2 Å². The van der Waals surface area contributed by atoms with Crippen LogP contribution in [0.25, 0.3) is 0 Å². The highest BCUT2D eigenvalue weighted by molar-refractivity contribution is 5.59. The first-order chi connectivity index (χ1) is 10.6. The number of nitriles is 3. The third-order valence-electron chi connectivity index (χ3n) is 3.20. The lowest BCUT2D eigenvalue weighted by Crippen LogP contribution is -2.32. The Hall–Kier alpha value is -3.27. The van der Waals surface area contributed by atoms with Gasteiger partial charge in [0.05, 0.1) is 12.2 Å². The molecule has 0 bridgehead atoms. The lowest BCUT2D eigenvalue weighted by atomic mass is 9.96. The zero-order valence-electron chi connectivity index (χ0n) is 11.8. The van der Waals surface area contributed by atoms with Crippen molar-refractivity contribution in [2.75, 3.05) is 0 Å². The molecular formula is C16H12N4O2. The SMILES string of the molecule is CC1(OCc2ccccc2)OC(N)=C(C#N)C1=C(C#N)C#N. The number of benzene rings is 1. The molecule has 108 valence electrons. The van der Waals surface area contributed by atoms with Crippen molar-refractivity contribution >= 4 is 0 Å². The fraction of sp³-hybridized carbons (Fsp3) is 0.188. The molecular weight excluding hydrogens is 280 g/mol. The molecule has 2 N–H and O–H groups in total. The second kappa shape index (κ2) is 6.01. The van der Waals surface area contributed by atoms with E-state index < -0.39 is 5.79 Å². The lowest BCUT2D eigenvalue weighted by Gasteiger charge is -2.26. The number of nitrogens with two attached hydrogens (primary N) is 1. The van der Waals surface area contributed by atoms with Crippen molar-refractivity contribution in [3.63, 3.8) is 0 Å². The minimum absolute atomic E-state index is 0.0475. The quantitative estimate of drug-likeness (QED) is 0.851. The summed E-state index contributed by atoms with van der Waals surface area (Å²) in [6, 6.07) is 14.7. The molecule has 0 aliphatic carbocycles. The molecule has 1 atom stereocenters. The first-order valence-corrected chi connectivity index (χ1v) is 6.37. The number of rotatable bonds is 3. The van der Waals surface area contributed by atoms with Gasteiger partial charge < -0.3 is 15.2 Å². The zero-order chi connectivity index (χ0) is 16.2. The predicted octanol–water partition coefficient (Wildman–Crippen LogP) is 1.99. The van der Waals surface area contributed by atoms with Gasteiger partial charge in [-0.3, -0.25) is 0 Å². The molecule has 1 aliphatic heterocycles. The van der Waals surface area contributed by atoms with Crippen molar-refractivity contribution in [3.05, 3.63) is 58.5 Å². The zero-order valence-corrected chi connectivity index (χ0v) is 11.8. The number of hydrogen-bond acceptors (Lipinski definition) is 6. The van der Waals surface area contributed by atoms with Crippen LogP contribution in [0.1, 0.15) is 12.5 Å². The summed E-state index contributed by atoms with van der Waals surface area (Å²) in [6.07, 6.45) is 0. The van der Waals surface area contributed by atoms with E-state index in [2.05, 4.69) is 0 Å². The highest BCUT2D eigenvalue weighted by atomic mass is 16.7. The van der Waals surface area contributed by atoms with Gasteiger partial charge in [-0.25, -0.2) is 0 Å². The molecule has 0 saturated heterocycles. The van der Waals surface area contributed by atoms with Crippen LogP contribution in [0, 0.1) is 34.0 Å². The van der Waals surface area contributed by atoms with Crippen molar-refractivity contribution < 1.29 is 9.47 Å². The van der Waals surface area contributed by atoms with Crippen molar-refractivity contribution in [2.24, 2.45) is 5.73 Å². The molecule has 6 nitrogen and oxygen atoms in total. The maximum absolute atomic E-state index is 9.19. The standard InChI is InChI=1S/C16H12N4O2/c1-16(21-10-11-5-3-2-4-6-11)14(12(7-17)8-18)13(9-19)15(20)22-16/h2-6H,10,20H2,1H3. The van der Waals surface area contributed by atoms with Crippen LogP contribution in [-0.2, 0) is 16.1 Å². The normalized spacial score (nSPS) is 19.8. The Morgan fingerprint density at radius 3 is 2.41 bits per heavy atom. The van der Waals surface area contributed by atoms with Gasteiger partial charge in [-0.2, -0.15) is 15.8 Å². The molecule has 1 aliphatic rings. The van der Waals surface area contributed by atoms with E-state index >= 15 is 0 Å². The maximum atomic E-state index is 9.19. The van der Waals surface area contributed by atoms with Crippen molar-refractivity contribution in [1.82, 2.24) is 0 Å². The number of hydrogen-bond donors (Lipinski definition) is 1. The number of nitrogens with zero attached hydrogens (tertiary/aromatic N) is 3. The second-order valence-corrected chi connectivity index (χ2v) is 4.65. The fourth-order valence-electron chi connectivity index (χ4n) is 2.16. The fourth-order valence-corrected chi connectivity index (χ4v) is 2.16. The van der Waals surface area contributed by atoms with E-state index in [4.69, 9.17) is 25.7 Å². The van der Waals surface area contributed by atoms with Gasteiger partial charge in [0.25, 0.3) is 0 Å². The third-order valence-corrected chi connectivity index (χ3v) is 3.20. The van der Waals surface area contributed by atoms with Crippen LogP contribution in [-0.4, -0.2) is 5.79 Å². The average Bonchev–Trinajstić information content (AvgIpc) is 2.79. The number of allylic oxidation sites excluding steroid dienone is 1. The van der Waals surface area contributed by atoms with Crippen LogP contribution in [0.3, 0.4) is 0 Å². The molecule has 22 heavy (non-hydrogen) atoms. The highest BCUT2D eigenvalue weighted by Crippen LogP contribution is 2.40. The lowest BCUT2D eigenvalue weighted by molar-refractivity contribution is -0.173. The van der Waals surface area contributed by atoms with Gasteiger partial charge >= 0.3 is 0 Å². The summed E-state index contributed by atoms with van der Waals surface area (Å²) in [5, 5.41) is 27.4. The van der Waals surface area contributed by atoms with E-state index in [1.165, 1.54) is 6.92 Å². The molecule has 6 heteroatoms. The van der Waals surface area contributed by atoms with Crippen LogP contribution in [0.5, 0.6) is 0 Å². The van der Waals surface area contributed by atoms with Crippen molar-refractivity contribution in [2.45, 2.75) is 19.3 Å². The summed E-state index contributed by atoms with van der Waals surface area (Å²) < 4.78 is 11.1. The Labute approximate surface area is 127 Å². The highest BCUT2D eigenvalue weighted by Gasteiger charge is 2.45. The molecule has 0 spiro atoms. The van der Waals surface area contributed by atoms with Crippen LogP contribution in [0.4, 0.5) is 0 Å². The summed E-state index contributed by atoms with van der Waals surface area (Å²) in [7, 11) is 0. The summed E-state index contributed by atoms with van der Waals surface area (Å²) in [6.45, 7) is 1.70. The monoisotopic (exact) mass is 292 g/mol. The summed E-state index contributed by atoms with van der Waals surface area (Å²) in [5.74, 6) is -1.61. The van der Waals surface area contributed by atoms with Gasteiger partial charge in [0.2, 0.25) is 11.7 Å². The van der Waals surface area contributed by atoms with Gasteiger partial charge in [0, 0.05) is 6.92 Å². The molecule has 2 rings (SSSR count). The van der Waals surface area contributed by atoms with Crippen LogP contribution in [0.2, 0.25) is 0 Å².